The molecule has 0 radical (unpaired) electrons. The summed E-state index contributed by atoms with van der Waals surface area (Å²) in [5.41, 5.74) is 5.04. The Kier molecular flexibility index (Phi) is 8.49. The largest absolute Gasteiger partial charge is 0.491 e. The monoisotopic (exact) mass is 480 g/mol. The summed E-state index contributed by atoms with van der Waals surface area (Å²) in [6.45, 7) is 4.32. The number of hydrogen-bond acceptors (Lipinski definition) is 8. The SMILES string of the molecule is CNCC(O)COc1cccc(-c2nc(CC3CCCCC3)c(C)c(-c3c(C)noc3CO)n2)c1. The van der Waals surface area contributed by atoms with Gasteiger partial charge in [0, 0.05) is 17.8 Å². The van der Waals surface area contributed by atoms with Crippen LogP contribution in [0.1, 0.15) is 54.8 Å². The quantitative estimate of drug-likeness (QED) is 0.399. The van der Waals surface area contributed by atoms with Crippen LogP contribution >= 0.6 is 0 Å². The zero-order valence-corrected chi connectivity index (χ0v) is 20.9. The molecule has 3 aromatic rings. The summed E-state index contributed by atoms with van der Waals surface area (Å²) in [5.74, 6) is 2.27. The smallest absolute Gasteiger partial charge is 0.171 e. The highest BCUT2D eigenvalue weighted by Gasteiger charge is 2.24. The Morgan fingerprint density at radius 3 is 2.71 bits per heavy atom. The Hall–Kier alpha value is -2.81. The number of likely N-dealkylation sites (N-methyl/N-ethyl adjacent to an activating group) is 1. The van der Waals surface area contributed by atoms with Crippen molar-refractivity contribution in [2.75, 3.05) is 20.2 Å². The fraction of sp³-hybridized carbons (Fsp3) is 0.519. The lowest BCUT2D eigenvalue weighted by Crippen LogP contribution is -2.29. The van der Waals surface area contributed by atoms with Crippen molar-refractivity contribution in [2.24, 2.45) is 5.92 Å². The number of nitrogens with zero attached hydrogens (tertiary/aromatic N) is 3. The van der Waals surface area contributed by atoms with E-state index in [-0.39, 0.29) is 13.2 Å². The molecule has 0 saturated heterocycles. The lowest BCUT2D eigenvalue weighted by atomic mass is 9.85. The van der Waals surface area contributed by atoms with Gasteiger partial charge in [-0.25, -0.2) is 9.97 Å². The molecule has 4 rings (SSSR count). The van der Waals surface area contributed by atoms with E-state index in [4.69, 9.17) is 19.2 Å². The van der Waals surface area contributed by atoms with Crippen LogP contribution in [0.25, 0.3) is 22.6 Å². The van der Waals surface area contributed by atoms with Crippen LogP contribution in [0.5, 0.6) is 5.75 Å². The Balaban J connectivity index is 1.73. The molecule has 0 amide bonds. The van der Waals surface area contributed by atoms with Gasteiger partial charge in [0.2, 0.25) is 0 Å². The van der Waals surface area contributed by atoms with E-state index >= 15 is 0 Å². The third kappa shape index (κ3) is 6.07. The molecule has 188 valence electrons. The zero-order chi connectivity index (χ0) is 24.8. The summed E-state index contributed by atoms with van der Waals surface area (Å²) < 4.78 is 11.2. The first-order valence-corrected chi connectivity index (χ1v) is 12.5. The molecule has 0 aliphatic heterocycles. The van der Waals surface area contributed by atoms with Crippen LogP contribution in [-0.2, 0) is 13.0 Å². The fourth-order valence-electron chi connectivity index (χ4n) is 4.84. The van der Waals surface area contributed by atoms with Crippen LogP contribution in [0.15, 0.2) is 28.8 Å². The summed E-state index contributed by atoms with van der Waals surface area (Å²) in [5, 5.41) is 26.9. The van der Waals surface area contributed by atoms with Gasteiger partial charge >= 0.3 is 0 Å². The molecule has 1 atom stereocenters. The lowest BCUT2D eigenvalue weighted by Gasteiger charge is -2.22. The minimum absolute atomic E-state index is 0.191. The Labute approximate surface area is 206 Å². The van der Waals surface area contributed by atoms with Gasteiger partial charge in [-0.3, -0.25) is 0 Å². The number of hydrogen-bond donors (Lipinski definition) is 3. The fourth-order valence-corrected chi connectivity index (χ4v) is 4.84. The molecule has 8 nitrogen and oxygen atoms in total. The van der Waals surface area contributed by atoms with Crippen molar-refractivity contribution in [1.82, 2.24) is 20.4 Å². The van der Waals surface area contributed by atoms with Crippen molar-refractivity contribution in [2.45, 2.75) is 65.1 Å². The summed E-state index contributed by atoms with van der Waals surface area (Å²) in [4.78, 5) is 9.96. The van der Waals surface area contributed by atoms with Crippen LogP contribution in [0.2, 0.25) is 0 Å². The van der Waals surface area contributed by atoms with Crippen molar-refractivity contribution in [3.8, 4) is 28.4 Å². The van der Waals surface area contributed by atoms with E-state index < -0.39 is 6.10 Å². The molecular formula is C27H36N4O4. The second-order valence-electron chi connectivity index (χ2n) is 9.45. The maximum absolute atomic E-state index is 9.99. The van der Waals surface area contributed by atoms with Gasteiger partial charge in [-0.1, -0.05) is 49.4 Å². The molecule has 1 saturated carbocycles. The van der Waals surface area contributed by atoms with Crippen molar-refractivity contribution < 1.29 is 19.5 Å². The van der Waals surface area contributed by atoms with E-state index in [0.29, 0.717) is 35.5 Å². The molecule has 1 aliphatic carbocycles. The molecule has 35 heavy (non-hydrogen) atoms. The maximum Gasteiger partial charge on any atom is 0.171 e. The van der Waals surface area contributed by atoms with E-state index in [0.717, 1.165) is 34.5 Å². The van der Waals surface area contributed by atoms with Crippen LogP contribution < -0.4 is 10.1 Å². The molecule has 0 bridgehead atoms. The Bertz CT molecular complexity index is 1120. The molecule has 8 heteroatoms. The summed E-state index contributed by atoms with van der Waals surface area (Å²) in [6.07, 6.45) is 6.60. The van der Waals surface area contributed by atoms with Gasteiger partial charge in [-0.05, 0) is 50.9 Å². The van der Waals surface area contributed by atoms with Crippen LogP contribution in [-0.4, -0.2) is 51.6 Å². The van der Waals surface area contributed by atoms with E-state index in [1.54, 1.807) is 7.05 Å². The first-order chi connectivity index (χ1) is 17.0. The van der Waals surface area contributed by atoms with Crippen molar-refractivity contribution in [3.63, 3.8) is 0 Å². The average molecular weight is 481 g/mol. The second-order valence-corrected chi connectivity index (χ2v) is 9.45. The van der Waals surface area contributed by atoms with E-state index in [1.165, 1.54) is 32.1 Å². The maximum atomic E-state index is 9.99. The number of rotatable bonds is 10. The number of aliphatic hydroxyl groups excluding tert-OH is 2. The second kappa shape index (κ2) is 11.7. The summed E-state index contributed by atoms with van der Waals surface area (Å²) >= 11 is 0. The number of aliphatic hydroxyl groups is 2. The highest BCUT2D eigenvalue weighted by Crippen LogP contribution is 2.34. The van der Waals surface area contributed by atoms with Gasteiger partial charge in [-0.15, -0.1) is 0 Å². The zero-order valence-electron chi connectivity index (χ0n) is 20.9. The van der Waals surface area contributed by atoms with Crippen LogP contribution in [0.4, 0.5) is 0 Å². The highest BCUT2D eigenvalue weighted by atomic mass is 16.5. The van der Waals surface area contributed by atoms with Gasteiger partial charge in [-0.2, -0.15) is 0 Å². The average Bonchev–Trinajstić information content (AvgIpc) is 3.25. The van der Waals surface area contributed by atoms with Crippen molar-refractivity contribution in [3.05, 3.63) is 47.0 Å². The van der Waals surface area contributed by atoms with Crippen molar-refractivity contribution in [1.29, 1.82) is 0 Å². The first kappa shape index (κ1) is 25.3. The highest BCUT2D eigenvalue weighted by molar-refractivity contribution is 5.71. The third-order valence-electron chi connectivity index (χ3n) is 6.74. The predicted octanol–water partition coefficient (Wildman–Crippen LogP) is 3.99. The minimum Gasteiger partial charge on any atom is -0.491 e. The number of nitrogens with one attached hydrogen (secondary N) is 1. The standard InChI is InChI=1S/C27H36N4O4/c1-17-23(12-19-8-5-4-6-9-19)29-27(30-26(17)25-18(2)31-35-24(25)15-32)20-10-7-11-22(13-20)34-16-21(33)14-28-3/h7,10-11,13,19,21,28,32-33H,4-6,8-9,12,14-16H2,1-3H3. The molecule has 2 aromatic heterocycles. The molecule has 1 fully saturated rings. The molecule has 3 N–H and O–H groups in total. The van der Waals surface area contributed by atoms with Gasteiger partial charge in [0.25, 0.3) is 0 Å². The van der Waals surface area contributed by atoms with Gasteiger partial charge in [0.05, 0.1) is 17.0 Å². The number of aryl methyl sites for hydroxylation is 1. The summed E-state index contributed by atoms with van der Waals surface area (Å²) in [6, 6.07) is 7.63. The molecular weight excluding hydrogens is 444 g/mol. The molecule has 1 unspecified atom stereocenters. The molecule has 2 heterocycles. The first-order valence-electron chi connectivity index (χ1n) is 12.5. The molecule has 1 aliphatic rings. The van der Waals surface area contributed by atoms with Gasteiger partial charge in [0.15, 0.2) is 11.6 Å². The van der Waals surface area contributed by atoms with Gasteiger partial charge in [0.1, 0.15) is 25.1 Å². The Morgan fingerprint density at radius 2 is 1.97 bits per heavy atom. The predicted molar refractivity (Wildman–Crippen MR) is 134 cm³/mol. The van der Waals surface area contributed by atoms with Crippen molar-refractivity contribution >= 4 is 0 Å². The summed E-state index contributed by atoms with van der Waals surface area (Å²) in [7, 11) is 1.79. The Morgan fingerprint density at radius 1 is 1.17 bits per heavy atom. The number of ether oxygens (including phenoxy) is 1. The number of aromatic nitrogens is 3. The third-order valence-corrected chi connectivity index (χ3v) is 6.74. The number of benzene rings is 1. The van der Waals surface area contributed by atoms with Crippen LogP contribution in [0, 0.1) is 19.8 Å². The van der Waals surface area contributed by atoms with Crippen LogP contribution in [0.3, 0.4) is 0 Å². The van der Waals surface area contributed by atoms with E-state index in [2.05, 4.69) is 10.5 Å². The molecule has 1 aromatic carbocycles. The minimum atomic E-state index is -0.596. The lowest BCUT2D eigenvalue weighted by molar-refractivity contribution is 0.108. The topological polar surface area (TPSA) is 114 Å². The molecule has 0 spiro atoms. The van der Waals surface area contributed by atoms with E-state index in [1.807, 2.05) is 38.1 Å². The normalized spacial score (nSPS) is 15.3. The van der Waals surface area contributed by atoms with Gasteiger partial charge < -0.3 is 24.8 Å². The van der Waals surface area contributed by atoms with E-state index in [9.17, 15) is 10.2 Å².